The van der Waals surface area contributed by atoms with Crippen LogP contribution in [-0.4, -0.2) is 61.7 Å². The van der Waals surface area contributed by atoms with Gasteiger partial charge in [0.05, 0.1) is 26.9 Å². The largest absolute Gasteiger partial charge is 0.497 e. The van der Waals surface area contributed by atoms with Crippen LogP contribution in [-0.2, 0) is 16.1 Å². The monoisotopic (exact) mass is 320 g/mol. The van der Waals surface area contributed by atoms with E-state index in [4.69, 9.17) is 9.47 Å². The van der Waals surface area contributed by atoms with Gasteiger partial charge in [-0.1, -0.05) is 19.1 Å². The van der Waals surface area contributed by atoms with Crippen molar-refractivity contribution in [3.63, 3.8) is 0 Å². The summed E-state index contributed by atoms with van der Waals surface area (Å²) in [4.78, 5) is 16.6. The van der Waals surface area contributed by atoms with Gasteiger partial charge < -0.3 is 14.4 Å². The zero-order valence-electron chi connectivity index (χ0n) is 14.7. The van der Waals surface area contributed by atoms with E-state index in [1.54, 1.807) is 12.0 Å². The third-order valence-corrected chi connectivity index (χ3v) is 4.77. The Kier molecular flexibility index (Phi) is 6.02. The summed E-state index contributed by atoms with van der Waals surface area (Å²) in [6, 6.07) is 7.83. The van der Waals surface area contributed by atoms with Crippen molar-refractivity contribution in [1.29, 1.82) is 0 Å². The molecule has 0 radical (unpaired) electrons. The number of hydrogen-bond donors (Lipinski definition) is 0. The predicted octanol–water partition coefficient (Wildman–Crippen LogP) is 2.15. The van der Waals surface area contributed by atoms with Crippen molar-refractivity contribution in [3.05, 3.63) is 29.8 Å². The minimum Gasteiger partial charge on any atom is -0.497 e. The Balaban J connectivity index is 1.93. The Bertz CT molecular complexity index is 518. The number of morpholine rings is 1. The fraction of sp³-hybridized carbons (Fsp3) is 0.611. The fourth-order valence-electron chi connectivity index (χ4n) is 2.80. The van der Waals surface area contributed by atoms with Gasteiger partial charge in [-0.15, -0.1) is 0 Å². The van der Waals surface area contributed by atoms with Gasteiger partial charge in [0, 0.05) is 25.7 Å². The maximum absolute atomic E-state index is 12.6. The number of ether oxygens (including phenoxy) is 2. The van der Waals surface area contributed by atoms with E-state index < -0.39 is 0 Å². The highest BCUT2D eigenvalue weighted by atomic mass is 16.5. The van der Waals surface area contributed by atoms with E-state index >= 15 is 0 Å². The van der Waals surface area contributed by atoms with Crippen LogP contribution in [0.25, 0.3) is 0 Å². The van der Waals surface area contributed by atoms with E-state index in [1.165, 1.54) is 0 Å². The third-order valence-electron chi connectivity index (χ3n) is 4.77. The van der Waals surface area contributed by atoms with E-state index in [0.717, 1.165) is 24.3 Å². The lowest BCUT2D eigenvalue weighted by Crippen LogP contribution is -2.57. The summed E-state index contributed by atoms with van der Waals surface area (Å²) in [7, 11) is 3.51. The SMILES string of the molecule is CC[C@@]1(C)COCCN1CC(=O)N(C)Cc1ccc(OC)cc1. The molecular weight excluding hydrogens is 292 g/mol. The third kappa shape index (κ3) is 4.45. The number of carbonyl (C=O) groups is 1. The van der Waals surface area contributed by atoms with E-state index in [2.05, 4.69) is 18.7 Å². The summed E-state index contributed by atoms with van der Waals surface area (Å²) in [5.74, 6) is 0.970. The molecule has 0 aliphatic carbocycles. The molecule has 1 fully saturated rings. The highest BCUT2D eigenvalue weighted by Crippen LogP contribution is 2.23. The number of rotatable bonds is 6. The number of amides is 1. The van der Waals surface area contributed by atoms with Crippen molar-refractivity contribution < 1.29 is 14.3 Å². The molecule has 1 amide bonds. The van der Waals surface area contributed by atoms with E-state index in [1.807, 2.05) is 31.3 Å². The highest BCUT2D eigenvalue weighted by molar-refractivity contribution is 5.78. The predicted molar refractivity (Wildman–Crippen MR) is 90.6 cm³/mol. The van der Waals surface area contributed by atoms with E-state index in [9.17, 15) is 4.79 Å². The number of likely N-dealkylation sites (N-methyl/N-ethyl adjacent to an activating group) is 1. The van der Waals surface area contributed by atoms with Gasteiger partial charge in [0.2, 0.25) is 5.91 Å². The van der Waals surface area contributed by atoms with Crippen LogP contribution >= 0.6 is 0 Å². The van der Waals surface area contributed by atoms with Gasteiger partial charge in [0.25, 0.3) is 0 Å². The zero-order chi connectivity index (χ0) is 16.9. The molecule has 1 aliphatic rings. The minimum absolute atomic E-state index is 0.0468. The number of nitrogens with zero attached hydrogens (tertiary/aromatic N) is 2. The molecule has 0 aromatic heterocycles. The second kappa shape index (κ2) is 7.79. The Hall–Kier alpha value is -1.59. The summed E-state index contributed by atoms with van der Waals surface area (Å²) in [6.07, 6.45) is 0.975. The van der Waals surface area contributed by atoms with Crippen LogP contribution in [0, 0.1) is 0 Å². The van der Waals surface area contributed by atoms with Crippen LogP contribution in [0.4, 0.5) is 0 Å². The summed E-state index contributed by atoms with van der Waals surface area (Å²) in [5, 5.41) is 0. The highest BCUT2D eigenvalue weighted by Gasteiger charge is 2.35. The number of benzene rings is 1. The van der Waals surface area contributed by atoms with Gasteiger partial charge >= 0.3 is 0 Å². The van der Waals surface area contributed by atoms with Gasteiger partial charge in [-0.25, -0.2) is 0 Å². The molecule has 0 saturated carbocycles. The molecule has 0 N–H and O–H groups in total. The second-order valence-electron chi connectivity index (χ2n) is 6.42. The lowest BCUT2D eigenvalue weighted by Gasteiger charge is -2.44. The summed E-state index contributed by atoms with van der Waals surface area (Å²) in [5.41, 5.74) is 1.05. The minimum atomic E-state index is -0.0468. The molecule has 1 heterocycles. The quantitative estimate of drug-likeness (QED) is 0.805. The molecule has 1 aliphatic heterocycles. The molecule has 1 aromatic rings. The summed E-state index contributed by atoms with van der Waals surface area (Å²) in [6.45, 7) is 7.57. The molecule has 5 nitrogen and oxygen atoms in total. The van der Waals surface area contributed by atoms with Gasteiger partial charge in [0.15, 0.2) is 0 Å². The molecular formula is C18H28N2O3. The van der Waals surface area contributed by atoms with Crippen molar-refractivity contribution in [2.45, 2.75) is 32.4 Å². The lowest BCUT2D eigenvalue weighted by atomic mass is 9.96. The lowest BCUT2D eigenvalue weighted by molar-refractivity contribution is -0.137. The van der Waals surface area contributed by atoms with Crippen LogP contribution in [0.3, 0.4) is 0 Å². The average molecular weight is 320 g/mol. The van der Waals surface area contributed by atoms with Crippen molar-refractivity contribution >= 4 is 5.91 Å². The molecule has 128 valence electrons. The molecule has 1 saturated heterocycles. The molecule has 23 heavy (non-hydrogen) atoms. The van der Waals surface area contributed by atoms with Crippen LogP contribution in [0.1, 0.15) is 25.8 Å². The van der Waals surface area contributed by atoms with Crippen molar-refractivity contribution in [2.75, 3.05) is 40.5 Å². The van der Waals surface area contributed by atoms with Crippen LogP contribution in [0.5, 0.6) is 5.75 Å². The van der Waals surface area contributed by atoms with E-state index in [0.29, 0.717) is 26.3 Å². The first-order valence-corrected chi connectivity index (χ1v) is 8.18. The standard InChI is InChI=1S/C18H28N2O3/c1-5-18(2)14-23-11-10-20(18)13-17(21)19(3)12-15-6-8-16(22-4)9-7-15/h6-9H,5,10-14H2,1-4H3/t18-/m0/s1. The second-order valence-corrected chi connectivity index (χ2v) is 6.42. The van der Waals surface area contributed by atoms with Crippen molar-refractivity contribution in [3.8, 4) is 5.75 Å². The van der Waals surface area contributed by atoms with Gasteiger partial charge in [-0.3, -0.25) is 9.69 Å². The molecule has 0 bridgehead atoms. The van der Waals surface area contributed by atoms with Gasteiger partial charge in [0.1, 0.15) is 5.75 Å². The molecule has 1 atom stereocenters. The maximum atomic E-state index is 12.6. The number of methoxy groups -OCH3 is 1. The Morgan fingerprint density at radius 3 is 2.70 bits per heavy atom. The first kappa shape index (κ1) is 17.8. The number of carbonyl (C=O) groups excluding carboxylic acids is 1. The Labute approximate surface area is 139 Å². The maximum Gasteiger partial charge on any atom is 0.236 e. The van der Waals surface area contributed by atoms with Crippen molar-refractivity contribution in [1.82, 2.24) is 9.80 Å². The molecule has 2 rings (SSSR count). The normalized spacial score (nSPS) is 21.9. The smallest absolute Gasteiger partial charge is 0.236 e. The van der Waals surface area contributed by atoms with Gasteiger partial charge in [-0.05, 0) is 31.0 Å². The van der Waals surface area contributed by atoms with Crippen LogP contribution < -0.4 is 4.74 Å². The van der Waals surface area contributed by atoms with Crippen LogP contribution in [0.15, 0.2) is 24.3 Å². The Morgan fingerprint density at radius 2 is 2.09 bits per heavy atom. The van der Waals surface area contributed by atoms with Crippen molar-refractivity contribution in [2.24, 2.45) is 0 Å². The fourth-order valence-corrected chi connectivity index (χ4v) is 2.80. The van der Waals surface area contributed by atoms with Gasteiger partial charge in [-0.2, -0.15) is 0 Å². The topological polar surface area (TPSA) is 42.0 Å². The van der Waals surface area contributed by atoms with Crippen LogP contribution in [0.2, 0.25) is 0 Å². The first-order chi connectivity index (χ1) is 11.0. The average Bonchev–Trinajstić information content (AvgIpc) is 2.57. The Morgan fingerprint density at radius 1 is 1.39 bits per heavy atom. The molecule has 0 unspecified atom stereocenters. The molecule has 5 heteroatoms. The summed E-state index contributed by atoms with van der Waals surface area (Å²) < 4.78 is 10.7. The number of hydrogen-bond acceptors (Lipinski definition) is 4. The van der Waals surface area contributed by atoms with E-state index in [-0.39, 0.29) is 11.4 Å². The first-order valence-electron chi connectivity index (χ1n) is 8.18. The molecule has 1 aromatic carbocycles. The summed E-state index contributed by atoms with van der Waals surface area (Å²) >= 11 is 0. The molecule has 0 spiro atoms. The zero-order valence-corrected chi connectivity index (χ0v) is 14.7.